The molecule has 4 aromatic rings. The van der Waals surface area contributed by atoms with E-state index in [4.69, 9.17) is 4.98 Å². The Morgan fingerprint density at radius 2 is 1.56 bits per heavy atom. The molecule has 1 aromatic heterocycles. The fraction of sp³-hybridized carbons (Fsp3) is 0.241. The average Bonchev–Trinajstić information content (AvgIpc) is 2.86. The Labute approximate surface area is 199 Å². The van der Waals surface area contributed by atoms with Crippen LogP contribution in [0.1, 0.15) is 45.4 Å². The van der Waals surface area contributed by atoms with E-state index in [-0.39, 0.29) is 17.4 Å². The molecule has 5 rings (SSSR count). The largest absolute Gasteiger partial charge is 0.294 e. The van der Waals surface area contributed by atoms with Crippen molar-refractivity contribution in [2.75, 3.05) is 6.54 Å². The normalized spacial score (nSPS) is 13.8. The standard InChI is InChI=1S/C29H28FN3O/c1-20-24(14-9-15-26(20)30)18-32-17-16-27-25(19-32)29(34)33(21(2)31-27)28(22-10-5-3-6-11-22)23-12-7-4-8-13-23/h3-15,28H,16-19H2,1-2H3. The SMILES string of the molecule is Cc1c(F)cccc1CN1CCc2nc(C)n(C(c3ccccc3)c3ccccc3)c(=O)c2C1. The third kappa shape index (κ3) is 4.19. The quantitative estimate of drug-likeness (QED) is 0.417. The summed E-state index contributed by atoms with van der Waals surface area (Å²) in [4.78, 5) is 21.1. The van der Waals surface area contributed by atoms with Crippen molar-refractivity contribution in [3.63, 3.8) is 0 Å². The lowest BCUT2D eigenvalue weighted by molar-refractivity contribution is 0.239. The van der Waals surface area contributed by atoms with E-state index >= 15 is 0 Å². The highest BCUT2D eigenvalue weighted by molar-refractivity contribution is 5.35. The van der Waals surface area contributed by atoms with Crippen molar-refractivity contribution in [3.8, 4) is 0 Å². The maximum Gasteiger partial charge on any atom is 0.259 e. The number of rotatable bonds is 5. The first kappa shape index (κ1) is 22.2. The van der Waals surface area contributed by atoms with Gasteiger partial charge in [-0.1, -0.05) is 72.8 Å². The zero-order valence-electron chi connectivity index (χ0n) is 19.5. The van der Waals surface area contributed by atoms with Crippen LogP contribution in [0, 0.1) is 19.7 Å². The number of fused-ring (bicyclic) bond motifs is 1. The molecule has 0 N–H and O–H groups in total. The van der Waals surface area contributed by atoms with Gasteiger partial charge in [-0.05, 0) is 42.2 Å². The lowest BCUT2D eigenvalue weighted by Crippen LogP contribution is -2.40. The lowest BCUT2D eigenvalue weighted by atomic mass is 9.97. The van der Waals surface area contributed by atoms with E-state index in [9.17, 15) is 9.18 Å². The Kier molecular flexibility index (Phi) is 6.12. The molecule has 0 aliphatic carbocycles. The van der Waals surface area contributed by atoms with Gasteiger partial charge in [0, 0.05) is 26.1 Å². The summed E-state index contributed by atoms with van der Waals surface area (Å²) in [6, 6.07) is 25.1. The fourth-order valence-electron chi connectivity index (χ4n) is 4.93. The molecule has 0 fully saturated rings. The summed E-state index contributed by atoms with van der Waals surface area (Å²) < 4.78 is 15.9. The van der Waals surface area contributed by atoms with E-state index in [1.165, 1.54) is 6.07 Å². The van der Waals surface area contributed by atoms with E-state index in [0.717, 1.165) is 40.3 Å². The summed E-state index contributed by atoms with van der Waals surface area (Å²) in [7, 11) is 0. The molecular weight excluding hydrogens is 425 g/mol. The van der Waals surface area contributed by atoms with Crippen LogP contribution in [-0.2, 0) is 19.5 Å². The Hall–Kier alpha value is -3.57. The maximum absolute atomic E-state index is 14.1. The number of hydrogen-bond donors (Lipinski definition) is 0. The average molecular weight is 454 g/mol. The lowest BCUT2D eigenvalue weighted by Gasteiger charge is -2.31. The second kappa shape index (κ2) is 9.35. The molecule has 172 valence electrons. The third-order valence-corrected chi connectivity index (χ3v) is 6.78. The second-order valence-corrected chi connectivity index (χ2v) is 8.97. The molecule has 5 heteroatoms. The summed E-state index contributed by atoms with van der Waals surface area (Å²) >= 11 is 0. The monoisotopic (exact) mass is 453 g/mol. The van der Waals surface area contributed by atoms with Crippen LogP contribution in [0.2, 0.25) is 0 Å². The van der Waals surface area contributed by atoms with Crippen LogP contribution in [0.25, 0.3) is 0 Å². The zero-order valence-corrected chi connectivity index (χ0v) is 19.5. The van der Waals surface area contributed by atoms with E-state index in [2.05, 4.69) is 29.2 Å². The topological polar surface area (TPSA) is 38.1 Å². The van der Waals surface area contributed by atoms with E-state index in [1.807, 2.05) is 60.9 Å². The van der Waals surface area contributed by atoms with Crippen molar-refractivity contribution in [1.82, 2.24) is 14.5 Å². The minimum absolute atomic E-state index is 0.000806. The number of halogens is 1. The first-order valence-electron chi connectivity index (χ1n) is 11.7. The van der Waals surface area contributed by atoms with Gasteiger partial charge >= 0.3 is 0 Å². The van der Waals surface area contributed by atoms with Gasteiger partial charge in [-0.25, -0.2) is 9.37 Å². The van der Waals surface area contributed by atoms with Gasteiger partial charge in [-0.2, -0.15) is 0 Å². The third-order valence-electron chi connectivity index (χ3n) is 6.78. The summed E-state index contributed by atoms with van der Waals surface area (Å²) in [5.74, 6) is 0.527. The molecule has 1 aliphatic heterocycles. The molecule has 0 unspecified atom stereocenters. The highest BCUT2D eigenvalue weighted by Gasteiger charge is 2.27. The zero-order chi connectivity index (χ0) is 23.7. The van der Waals surface area contributed by atoms with Crippen molar-refractivity contribution in [3.05, 3.63) is 134 Å². The molecule has 4 nitrogen and oxygen atoms in total. The van der Waals surface area contributed by atoms with Crippen LogP contribution < -0.4 is 5.56 Å². The first-order valence-corrected chi connectivity index (χ1v) is 11.7. The molecule has 34 heavy (non-hydrogen) atoms. The van der Waals surface area contributed by atoms with E-state index < -0.39 is 0 Å². The predicted octanol–water partition coefficient (Wildman–Crippen LogP) is 5.20. The van der Waals surface area contributed by atoms with Crippen molar-refractivity contribution in [2.45, 2.75) is 39.4 Å². The van der Waals surface area contributed by atoms with Crippen molar-refractivity contribution < 1.29 is 4.39 Å². The minimum atomic E-state index is -0.256. The van der Waals surface area contributed by atoms with E-state index in [1.54, 1.807) is 6.07 Å². The molecule has 0 amide bonds. The molecule has 0 saturated heterocycles. The Morgan fingerprint density at radius 3 is 2.21 bits per heavy atom. The maximum atomic E-state index is 14.1. The van der Waals surface area contributed by atoms with Crippen molar-refractivity contribution in [1.29, 1.82) is 0 Å². The Bertz CT molecular complexity index is 1330. The summed E-state index contributed by atoms with van der Waals surface area (Å²) in [6.45, 7) is 5.64. The second-order valence-electron chi connectivity index (χ2n) is 8.97. The highest BCUT2D eigenvalue weighted by atomic mass is 19.1. The molecule has 2 heterocycles. The van der Waals surface area contributed by atoms with Crippen LogP contribution in [0.4, 0.5) is 4.39 Å². The Morgan fingerprint density at radius 1 is 0.912 bits per heavy atom. The number of aromatic nitrogens is 2. The number of aryl methyl sites for hydroxylation is 1. The molecule has 0 atom stereocenters. The fourth-order valence-corrected chi connectivity index (χ4v) is 4.93. The van der Waals surface area contributed by atoms with Gasteiger partial charge in [0.25, 0.3) is 5.56 Å². The van der Waals surface area contributed by atoms with E-state index in [0.29, 0.717) is 25.1 Å². The molecule has 0 saturated carbocycles. The van der Waals surface area contributed by atoms with Gasteiger partial charge in [0.15, 0.2) is 0 Å². The van der Waals surface area contributed by atoms with Gasteiger partial charge in [-0.15, -0.1) is 0 Å². The Balaban J connectivity index is 1.56. The molecule has 0 bridgehead atoms. The molecule has 0 radical (unpaired) electrons. The van der Waals surface area contributed by atoms with Gasteiger partial charge in [-0.3, -0.25) is 14.3 Å². The molecule has 1 aliphatic rings. The minimum Gasteiger partial charge on any atom is -0.294 e. The molecule has 3 aromatic carbocycles. The molecular formula is C29H28FN3O. The number of nitrogens with zero attached hydrogens (tertiary/aromatic N) is 3. The van der Waals surface area contributed by atoms with Gasteiger partial charge in [0.1, 0.15) is 11.6 Å². The predicted molar refractivity (Wildman–Crippen MR) is 132 cm³/mol. The van der Waals surface area contributed by atoms with Crippen LogP contribution in [0.3, 0.4) is 0 Å². The van der Waals surface area contributed by atoms with Crippen LogP contribution in [-0.4, -0.2) is 21.0 Å². The van der Waals surface area contributed by atoms with Crippen molar-refractivity contribution >= 4 is 0 Å². The number of benzene rings is 3. The van der Waals surface area contributed by atoms with Crippen LogP contribution in [0.5, 0.6) is 0 Å². The smallest absolute Gasteiger partial charge is 0.259 e. The van der Waals surface area contributed by atoms with Crippen LogP contribution in [0.15, 0.2) is 83.7 Å². The summed E-state index contributed by atoms with van der Waals surface area (Å²) in [5.41, 5.74) is 5.33. The van der Waals surface area contributed by atoms with Gasteiger partial charge < -0.3 is 0 Å². The number of hydrogen-bond acceptors (Lipinski definition) is 3. The first-order chi connectivity index (χ1) is 16.5. The van der Waals surface area contributed by atoms with Gasteiger partial charge in [0.05, 0.1) is 17.3 Å². The van der Waals surface area contributed by atoms with Crippen molar-refractivity contribution in [2.24, 2.45) is 0 Å². The highest BCUT2D eigenvalue weighted by Crippen LogP contribution is 2.28. The van der Waals surface area contributed by atoms with Crippen LogP contribution >= 0.6 is 0 Å². The molecule has 0 spiro atoms. The summed E-state index contributed by atoms with van der Waals surface area (Å²) in [5, 5.41) is 0. The van der Waals surface area contributed by atoms with Gasteiger partial charge in [0.2, 0.25) is 0 Å². The summed E-state index contributed by atoms with van der Waals surface area (Å²) in [6.07, 6.45) is 0.710.